The summed E-state index contributed by atoms with van der Waals surface area (Å²) >= 11 is 0. The molecule has 1 aromatic heterocycles. The number of carbonyl (C=O) groups is 2. The van der Waals surface area contributed by atoms with Crippen molar-refractivity contribution in [3.05, 3.63) is 59.8 Å². The average Bonchev–Trinajstić information content (AvgIpc) is 3.20. The lowest BCUT2D eigenvalue weighted by Gasteiger charge is -2.20. The van der Waals surface area contributed by atoms with Gasteiger partial charge in [0.05, 0.1) is 18.6 Å². The molecule has 0 bridgehead atoms. The minimum Gasteiger partial charge on any atom is -0.481 e. The van der Waals surface area contributed by atoms with Crippen LogP contribution in [0, 0.1) is 5.92 Å². The summed E-state index contributed by atoms with van der Waals surface area (Å²) in [6.07, 6.45) is 5.89. The van der Waals surface area contributed by atoms with Gasteiger partial charge < -0.3 is 15.4 Å². The molecule has 0 aliphatic heterocycles. The third kappa shape index (κ3) is 5.31. The van der Waals surface area contributed by atoms with Crippen LogP contribution in [0.5, 0.6) is 5.88 Å². The molecule has 1 saturated carbocycles. The predicted octanol–water partition coefficient (Wildman–Crippen LogP) is 2.74. The zero-order valence-corrected chi connectivity index (χ0v) is 16.2. The van der Waals surface area contributed by atoms with Gasteiger partial charge in [-0.2, -0.15) is 0 Å². The number of amides is 2. The molecule has 3 rings (SSSR count). The summed E-state index contributed by atoms with van der Waals surface area (Å²) in [4.78, 5) is 29.1. The van der Waals surface area contributed by atoms with Crippen LogP contribution in [0.4, 0.5) is 0 Å². The van der Waals surface area contributed by atoms with Crippen molar-refractivity contribution >= 4 is 11.8 Å². The summed E-state index contributed by atoms with van der Waals surface area (Å²) in [5.41, 5.74) is 1.74. The highest BCUT2D eigenvalue weighted by atomic mass is 16.5. The molecule has 1 aliphatic carbocycles. The molecule has 1 heterocycles. The number of hydrogen-bond acceptors (Lipinski definition) is 4. The first-order valence-corrected chi connectivity index (χ1v) is 9.80. The molecule has 2 N–H and O–H groups in total. The first kappa shape index (κ1) is 19.9. The maximum Gasteiger partial charge on any atom is 0.253 e. The van der Waals surface area contributed by atoms with Crippen LogP contribution >= 0.6 is 0 Å². The second-order valence-corrected chi connectivity index (χ2v) is 7.09. The maximum atomic E-state index is 12.6. The van der Waals surface area contributed by atoms with Crippen LogP contribution in [0.3, 0.4) is 0 Å². The number of ether oxygens (including phenoxy) is 1. The van der Waals surface area contributed by atoms with Crippen molar-refractivity contribution in [2.75, 3.05) is 13.7 Å². The van der Waals surface area contributed by atoms with E-state index in [1.807, 2.05) is 18.2 Å². The van der Waals surface area contributed by atoms with Gasteiger partial charge in [-0.25, -0.2) is 4.98 Å². The Kier molecular flexibility index (Phi) is 7.00. The van der Waals surface area contributed by atoms with Gasteiger partial charge in [-0.1, -0.05) is 36.8 Å². The molecule has 0 radical (unpaired) electrons. The molecular formula is C22H27N3O3. The Morgan fingerprint density at radius 1 is 1.14 bits per heavy atom. The summed E-state index contributed by atoms with van der Waals surface area (Å²) in [5, 5.41) is 6.03. The number of methoxy groups -OCH3 is 1. The Balaban J connectivity index is 1.46. The normalized spacial score (nSPS) is 18.5. The van der Waals surface area contributed by atoms with Gasteiger partial charge in [0.1, 0.15) is 0 Å². The van der Waals surface area contributed by atoms with E-state index >= 15 is 0 Å². The number of benzene rings is 1. The quantitative estimate of drug-likeness (QED) is 0.689. The fourth-order valence-corrected chi connectivity index (χ4v) is 3.61. The molecule has 28 heavy (non-hydrogen) atoms. The number of pyridine rings is 1. The van der Waals surface area contributed by atoms with E-state index in [0.29, 0.717) is 18.0 Å². The van der Waals surface area contributed by atoms with Crippen LogP contribution in [0.2, 0.25) is 0 Å². The van der Waals surface area contributed by atoms with E-state index < -0.39 is 0 Å². The molecule has 2 amide bonds. The van der Waals surface area contributed by atoms with Crippen LogP contribution in [-0.4, -0.2) is 36.5 Å². The highest BCUT2D eigenvalue weighted by Gasteiger charge is 2.34. The van der Waals surface area contributed by atoms with E-state index in [4.69, 9.17) is 4.74 Å². The zero-order valence-electron chi connectivity index (χ0n) is 16.2. The SMILES string of the molecule is COc1ccc(C(=O)N[C@@H]2CCC[C@@H]2C(=O)NCCCc2ccccc2)cn1. The lowest BCUT2D eigenvalue weighted by Crippen LogP contribution is -2.44. The van der Waals surface area contributed by atoms with E-state index in [-0.39, 0.29) is 23.8 Å². The third-order valence-electron chi connectivity index (χ3n) is 5.16. The molecule has 0 spiro atoms. The second-order valence-electron chi connectivity index (χ2n) is 7.09. The number of rotatable bonds is 8. The molecule has 2 atom stereocenters. The number of aromatic nitrogens is 1. The van der Waals surface area contributed by atoms with Crippen LogP contribution in [0.15, 0.2) is 48.7 Å². The fourth-order valence-electron chi connectivity index (χ4n) is 3.61. The van der Waals surface area contributed by atoms with Crippen LogP contribution in [0.1, 0.15) is 41.6 Å². The largest absolute Gasteiger partial charge is 0.481 e. The monoisotopic (exact) mass is 381 g/mol. The number of aryl methyl sites for hydroxylation is 1. The second kappa shape index (κ2) is 9.88. The Bertz CT molecular complexity index is 777. The first-order valence-electron chi connectivity index (χ1n) is 9.80. The molecular weight excluding hydrogens is 354 g/mol. The summed E-state index contributed by atoms with van der Waals surface area (Å²) in [6.45, 7) is 0.646. The maximum absolute atomic E-state index is 12.6. The summed E-state index contributed by atoms with van der Waals surface area (Å²) in [7, 11) is 1.53. The molecule has 148 valence electrons. The molecule has 6 nitrogen and oxygen atoms in total. The van der Waals surface area contributed by atoms with Crippen molar-refractivity contribution in [1.82, 2.24) is 15.6 Å². The van der Waals surface area contributed by atoms with Gasteiger partial charge in [-0.3, -0.25) is 9.59 Å². The summed E-state index contributed by atoms with van der Waals surface area (Å²) in [6, 6.07) is 13.4. The number of carbonyl (C=O) groups excluding carboxylic acids is 2. The highest BCUT2D eigenvalue weighted by Crippen LogP contribution is 2.26. The molecule has 1 fully saturated rings. The Morgan fingerprint density at radius 2 is 1.96 bits per heavy atom. The zero-order chi connectivity index (χ0) is 19.8. The minimum absolute atomic E-state index is 0.0312. The first-order chi connectivity index (χ1) is 13.7. The van der Waals surface area contributed by atoms with E-state index in [1.165, 1.54) is 18.9 Å². The topological polar surface area (TPSA) is 80.3 Å². The van der Waals surface area contributed by atoms with E-state index in [2.05, 4.69) is 27.8 Å². The van der Waals surface area contributed by atoms with Crippen LogP contribution in [-0.2, 0) is 11.2 Å². The van der Waals surface area contributed by atoms with Crippen LogP contribution in [0.25, 0.3) is 0 Å². The van der Waals surface area contributed by atoms with Crippen molar-refractivity contribution in [3.8, 4) is 5.88 Å². The van der Waals surface area contributed by atoms with Gasteiger partial charge in [0.25, 0.3) is 5.91 Å². The molecule has 1 aliphatic rings. The van der Waals surface area contributed by atoms with Gasteiger partial charge in [-0.15, -0.1) is 0 Å². The van der Waals surface area contributed by atoms with E-state index in [0.717, 1.165) is 32.1 Å². The van der Waals surface area contributed by atoms with Gasteiger partial charge in [0, 0.05) is 24.8 Å². The van der Waals surface area contributed by atoms with Crippen molar-refractivity contribution in [1.29, 1.82) is 0 Å². The number of nitrogens with one attached hydrogen (secondary N) is 2. The molecule has 0 unspecified atom stereocenters. The summed E-state index contributed by atoms with van der Waals surface area (Å²) in [5.74, 6) is 0.115. The highest BCUT2D eigenvalue weighted by molar-refractivity contribution is 5.94. The smallest absolute Gasteiger partial charge is 0.253 e. The van der Waals surface area contributed by atoms with Gasteiger partial charge in [-0.05, 0) is 37.3 Å². The predicted molar refractivity (Wildman–Crippen MR) is 107 cm³/mol. The van der Waals surface area contributed by atoms with Crippen molar-refractivity contribution in [2.24, 2.45) is 5.92 Å². The number of nitrogens with zero attached hydrogens (tertiary/aromatic N) is 1. The summed E-state index contributed by atoms with van der Waals surface area (Å²) < 4.78 is 5.01. The number of hydrogen-bond donors (Lipinski definition) is 2. The van der Waals surface area contributed by atoms with Gasteiger partial charge >= 0.3 is 0 Å². The van der Waals surface area contributed by atoms with Crippen molar-refractivity contribution in [3.63, 3.8) is 0 Å². The van der Waals surface area contributed by atoms with Crippen molar-refractivity contribution in [2.45, 2.75) is 38.1 Å². The molecule has 2 aromatic rings. The van der Waals surface area contributed by atoms with Gasteiger partial charge in [0.2, 0.25) is 11.8 Å². The van der Waals surface area contributed by atoms with E-state index in [9.17, 15) is 9.59 Å². The third-order valence-corrected chi connectivity index (χ3v) is 5.16. The standard InChI is InChI=1S/C22H27N3O3/c1-28-20-13-12-17(15-24-20)21(26)25-19-11-5-10-18(19)22(27)23-14-6-9-16-7-3-2-4-8-16/h2-4,7-8,12-13,15,18-19H,5-6,9-11,14H2,1H3,(H,23,27)(H,25,26)/t18-,19+/m0/s1. The minimum atomic E-state index is -0.205. The van der Waals surface area contributed by atoms with E-state index in [1.54, 1.807) is 12.1 Å². The Hall–Kier alpha value is -2.89. The Labute approximate surface area is 165 Å². The average molecular weight is 381 g/mol. The molecule has 0 saturated heterocycles. The van der Waals surface area contributed by atoms with Gasteiger partial charge in [0.15, 0.2) is 0 Å². The molecule has 1 aromatic carbocycles. The van der Waals surface area contributed by atoms with Crippen LogP contribution < -0.4 is 15.4 Å². The fraction of sp³-hybridized carbons (Fsp3) is 0.409. The lowest BCUT2D eigenvalue weighted by molar-refractivity contribution is -0.125. The van der Waals surface area contributed by atoms with Crippen molar-refractivity contribution < 1.29 is 14.3 Å². The molecule has 6 heteroatoms. The Morgan fingerprint density at radius 3 is 2.68 bits per heavy atom. The lowest BCUT2D eigenvalue weighted by atomic mass is 10.0.